The van der Waals surface area contributed by atoms with E-state index in [1.54, 1.807) is 26.8 Å². The maximum atomic E-state index is 13.3. The van der Waals surface area contributed by atoms with Crippen molar-refractivity contribution in [2.45, 2.75) is 53.4 Å². The Morgan fingerprint density at radius 3 is 2.22 bits per heavy atom. The van der Waals surface area contributed by atoms with Crippen LogP contribution in [0.4, 0.5) is 10.5 Å². The molecule has 10 heteroatoms. The van der Waals surface area contributed by atoms with E-state index in [1.165, 1.54) is 13.1 Å². The Labute approximate surface area is 241 Å². The summed E-state index contributed by atoms with van der Waals surface area (Å²) in [6.07, 6.45) is 3.68. The molecule has 0 atom stereocenters. The number of nitrogens with zero attached hydrogens (tertiary/aromatic N) is 3. The fraction of sp³-hybridized carbons (Fsp3) is 0.452. The second-order valence-corrected chi connectivity index (χ2v) is 11.3. The number of anilines is 1. The number of fused-ring (bicyclic) bond motifs is 1. The molecule has 220 valence electrons. The summed E-state index contributed by atoms with van der Waals surface area (Å²) in [6.45, 7) is 14.7. The van der Waals surface area contributed by atoms with E-state index in [2.05, 4.69) is 6.58 Å². The number of amides is 4. The Bertz CT molecular complexity index is 1340. The zero-order valence-electron chi connectivity index (χ0n) is 24.9. The Morgan fingerprint density at radius 1 is 0.976 bits per heavy atom. The number of barbiturate groups is 1. The van der Waals surface area contributed by atoms with E-state index in [9.17, 15) is 24.0 Å². The third-order valence-electron chi connectivity index (χ3n) is 7.62. The third-order valence-corrected chi connectivity index (χ3v) is 7.62. The molecule has 10 nitrogen and oxygen atoms in total. The molecule has 0 radical (unpaired) electrons. The molecule has 0 aromatic heterocycles. The van der Waals surface area contributed by atoms with Crippen molar-refractivity contribution in [1.29, 1.82) is 0 Å². The number of ether oxygens (including phenoxy) is 2. The maximum Gasteiger partial charge on any atom is 0.333 e. The van der Waals surface area contributed by atoms with Gasteiger partial charge in [0.05, 0.1) is 18.5 Å². The number of carbonyl (C=O) groups is 5. The lowest BCUT2D eigenvalue weighted by Crippen LogP contribution is -2.55. The Morgan fingerprint density at radius 2 is 1.59 bits per heavy atom. The van der Waals surface area contributed by atoms with Crippen molar-refractivity contribution in [3.63, 3.8) is 0 Å². The van der Waals surface area contributed by atoms with Gasteiger partial charge in [-0.25, -0.2) is 9.59 Å². The number of imide groups is 2. The summed E-state index contributed by atoms with van der Waals surface area (Å²) in [6, 6.07) is 7.01. The molecule has 41 heavy (non-hydrogen) atoms. The number of urea groups is 1. The van der Waals surface area contributed by atoms with Gasteiger partial charge in [-0.2, -0.15) is 0 Å². The van der Waals surface area contributed by atoms with Gasteiger partial charge in [-0.3, -0.25) is 24.2 Å². The predicted octanol–water partition coefficient (Wildman–Crippen LogP) is 4.11. The van der Waals surface area contributed by atoms with Gasteiger partial charge in [0.2, 0.25) is 0 Å². The van der Waals surface area contributed by atoms with Gasteiger partial charge < -0.3 is 14.4 Å². The van der Waals surface area contributed by atoms with Crippen molar-refractivity contribution < 1.29 is 33.4 Å². The summed E-state index contributed by atoms with van der Waals surface area (Å²) in [5.74, 6) is -2.41. The minimum Gasteiger partial charge on any atom is -0.463 e. The van der Waals surface area contributed by atoms with Crippen molar-refractivity contribution in [3.8, 4) is 0 Å². The average Bonchev–Trinajstić information content (AvgIpc) is 3.14. The molecular formula is C31H39N3O7. The maximum absolute atomic E-state index is 13.3. The minimum atomic E-state index is -0.787. The highest BCUT2D eigenvalue weighted by molar-refractivity contribution is 6.28. The Hall–Kier alpha value is -4.21. The van der Waals surface area contributed by atoms with Crippen LogP contribution in [0.3, 0.4) is 0 Å². The summed E-state index contributed by atoms with van der Waals surface area (Å²) in [4.78, 5) is 67.2. The summed E-state index contributed by atoms with van der Waals surface area (Å²) < 4.78 is 10.6. The van der Waals surface area contributed by atoms with E-state index in [4.69, 9.17) is 9.47 Å². The monoisotopic (exact) mass is 565 g/mol. The number of hydrogen-bond donors (Lipinski definition) is 0. The molecule has 0 aliphatic carbocycles. The predicted molar refractivity (Wildman–Crippen MR) is 154 cm³/mol. The summed E-state index contributed by atoms with van der Waals surface area (Å²) in [5, 5.41) is 0. The second kappa shape index (κ2) is 12.1. The second-order valence-electron chi connectivity index (χ2n) is 11.3. The van der Waals surface area contributed by atoms with Gasteiger partial charge in [0.1, 0.15) is 18.8 Å². The molecule has 2 aliphatic rings. The summed E-state index contributed by atoms with van der Waals surface area (Å²) >= 11 is 0. The van der Waals surface area contributed by atoms with Crippen LogP contribution in [0.15, 0.2) is 59.8 Å². The quantitative estimate of drug-likeness (QED) is 0.237. The van der Waals surface area contributed by atoms with Crippen LogP contribution >= 0.6 is 0 Å². The molecule has 2 heterocycles. The van der Waals surface area contributed by atoms with Crippen LogP contribution in [-0.2, 0) is 34.1 Å². The highest BCUT2D eigenvalue weighted by atomic mass is 16.5. The Kier molecular flexibility index (Phi) is 9.26. The van der Waals surface area contributed by atoms with Gasteiger partial charge in [0, 0.05) is 29.4 Å². The van der Waals surface area contributed by atoms with Crippen molar-refractivity contribution >= 4 is 35.5 Å². The van der Waals surface area contributed by atoms with Gasteiger partial charge >= 0.3 is 18.0 Å². The van der Waals surface area contributed by atoms with Crippen molar-refractivity contribution in [1.82, 2.24) is 9.80 Å². The molecule has 0 bridgehead atoms. The first-order valence-electron chi connectivity index (χ1n) is 13.6. The summed E-state index contributed by atoms with van der Waals surface area (Å²) in [5.41, 5.74) is 1.63. The molecule has 0 unspecified atom stereocenters. The lowest BCUT2D eigenvalue weighted by Gasteiger charge is -2.32. The fourth-order valence-corrected chi connectivity index (χ4v) is 4.58. The van der Waals surface area contributed by atoms with Gasteiger partial charge in [0.25, 0.3) is 11.8 Å². The van der Waals surface area contributed by atoms with Gasteiger partial charge in [-0.05, 0) is 51.0 Å². The largest absolute Gasteiger partial charge is 0.463 e. The third kappa shape index (κ3) is 6.26. The van der Waals surface area contributed by atoms with E-state index >= 15 is 0 Å². The number of esters is 2. The molecular weight excluding hydrogens is 526 g/mol. The zero-order chi connectivity index (χ0) is 30.7. The number of hydrogen-bond acceptors (Lipinski definition) is 8. The first kappa shape index (κ1) is 31.3. The highest BCUT2D eigenvalue weighted by Gasteiger charge is 2.42. The van der Waals surface area contributed by atoms with Crippen LogP contribution in [0.1, 0.15) is 53.5 Å². The smallest absolute Gasteiger partial charge is 0.333 e. The van der Waals surface area contributed by atoms with Gasteiger partial charge in [0.15, 0.2) is 0 Å². The number of benzene rings is 1. The van der Waals surface area contributed by atoms with E-state index in [0.717, 1.165) is 26.7 Å². The topological polar surface area (TPSA) is 114 Å². The van der Waals surface area contributed by atoms with Gasteiger partial charge in [-0.1, -0.05) is 45.5 Å². The lowest BCUT2D eigenvalue weighted by atomic mass is 9.83. The number of carbonyl (C=O) groups excluding carboxylic acids is 5. The average molecular weight is 566 g/mol. The molecule has 3 rings (SSSR count). The van der Waals surface area contributed by atoms with Crippen molar-refractivity contribution in [2.24, 2.45) is 5.41 Å². The molecule has 4 amide bonds. The van der Waals surface area contributed by atoms with Crippen LogP contribution in [0, 0.1) is 5.41 Å². The fourth-order valence-electron chi connectivity index (χ4n) is 4.58. The van der Waals surface area contributed by atoms with E-state index in [-0.39, 0.29) is 25.3 Å². The molecule has 0 N–H and O–H groups in total. The number of likely N-dealkylation sites (N-methyl/N-ethyl adjacent to an activating group) is 1. The van der Waals surface area contributed by atoms with Crippen molar-refractivity contribution in [3.05, 3.63) is 65.4 Å². The van der Waals surface area contributed by atoms with Crippen LogP contribution in [0.25, 0.3) is 0 Å². The molecule has 1 fully saturated rings. The van der Waals surface area contributed by atoms with E-state index in [1.807, 2.05) is 49.9 Å². The Balaban J connectivity index is 1.90. The molecule has 1 saturated heterocycles. The highest BCUT2D eigenvalue weighted by Crippen LogP contribution is 2.47. The molecule has 2 aliphatic heterocycles. The van der Waals surface area contributed by atoms with Crippen LogP contribution < -0.4 is 4.90 Å². The minimum absolute atomic E-state index is 0.0977. The molecule has 0 spiro atoms. The zero-order valence-corrected chi connectivity index (χ0v) is 24.9. The van der Waals surface area contributed by atoms with Crippen LogP contribution in [0.2, 0.25) is 0 Å². The first-order chi connectivity index (χ1) is 19.1. The van der Waals surface area contributed by atoms with E-state index < -0.39 is 40.6 Å². The molecule has 0 saturated carbocycles. The molecule has 1 aromatic carbocycles. The number of allylic oxidation sites excluding steroid dienone is 3. The van der Waals surface area contributed by atoms with Crippen LogP contribution in [0.5, 0.6) is 0 Å². The molecule has 1 aromatic rings. The standard InChI is InChI=1S/C31H39N3O7/c1-9-30(4,5)28(38)41-19-17-34-26(36)21(25(35)32(8)29(34)39)14-15-24-31(6,7)22-12-10-11-13-23(22)33(24)16-18-40-27(37)20(2)3/h10-15H,2,9,16-19H2,1,3-8H3/b21-14+,24-15+. The summed E-state index contributed by atoms with van der Waals surface area (Å²) in [7, 11) is 1.30. The van der Waals surface area contributed by atoms with E-state index in [0.29, 0.717) is 18.5 Å². The number of rotatable bonds is 10. The van der Waals surface area contributed by atoms with Gasteiger partial charge in [-0.15, -0.1) is 0 Å². The first-order valence-corrected chi connectivity index (χ1v) is 13.6. The van der Waals surface area contributed by atoms with Crippen LogP contribution in [-0.4, -0.2) is 72.9 Å². The SMILES string of the molecule is C=C(C)C(=O)OCCN1/C(=C/C=C2\C(=O)N(C)C(=O)N(CCOC(=O)C(C)(C)CC)C2=O)C(C)(C)c2ccccc21. The number of para-hydroxylation sites is 1. The normalized spacial score (nSPS) is 18.7. The van der Waals surface area contributed by atoms with Crippen molar-refractivity contribution in [2.75, 3.05) is 38.3 Å². The lowest BCUT2D eigenvalue weighted by molar-refractivity contribution is -0.155.